The van der Waals surface area contributed by atoms with Gasteiger partial charge in [-0.05, 0) is 19.9 Å². The van der Waals surface area contributed by atoms with Crippen molar-refractivity contribution in [1.29, 1.82) is 0 Å². The van der Waals surface area contributed by atoms with Crippen LogP contribution in [0.2, 0.25) is 10.3 Å². The summed E-state index contributed by atoms with van der Waals surface area (Å²) < 4.78 is 5.34. The number of aromatic nitrogens is 2. The number of carbonyl (C=O) groups excluding carboxylic acids is 1. The lowest BCUT2D eigenvalue weighted by Crippen LogP contribution is -2.55. The third kappa shape index (κ3) is 4.26. The third-order valence-corrected chi connectivity index (χ3v) is 3.98. The first kappa shape index (κ1) is 16.4. The Balaban J connectivity index is 1.98. The molecule has 8 heteroatoms. The first-order chi connectivity index (χ1) is 9.90. The molecule has 0 unspecified atom stereocenters. The van der Waals surface area contributed by atoms with Crippen LogP contribution >= 0.6 is 23.2 Å². The van der Waals surface area contributed by atoms with Gasteiger partial charge in [0.1, 0.15) is 0 Å². The minimum atomic E-state index is -0.307. The average molecular weight is 333 g/mol. The van der Waals surface area contributed by atoms with E-state index in [1.807, 2.05) is 0 Å². The molecule has 1 aromatic rings. The molecule has 2 heterocycles. The summed E-state index contributed by atoms with van der Waals surface area (Å²) in [5.74, 6) is -0.307. The fraction of sp³-hybridized carbons (Fsp3) is 0.615. The Morgan fingerprint density at radius 2 is 2.05 bits per heavy atom. The summed E-state index contributed by atoms with van der Waals surface area (Å²) in [4.78, 5) is 14.5. The minimum Gasteiger partial charge on any atom is -0.379 e. The maximum absolute atomic E-state index is 12.2. The highest BCUT2D eigenvalue weighted by Crippen LogP contribution is 2.17. The molecular weight excluding hydrogens is 315 g/mol. The predicted molar refractivity (Wildman–Crippen MR) is 80.9 cm³/mol. The van der Waals surface area contributed by atoms with Crippen molar-refractivity contribution in [2.24, 2.45) is 0 Å². The van der Waals surface area contributed by atoms with Crippen LogP contribution in [0.3, 0.4) is 0 Å². The lowest BCUT2D eigenvalue weighted by molar-refractivity contribution is -0.00923. The van der Waals surface area contributed by atoms with Crippen LogP contribution in [0.4, 0.5) is 0 Å². The zero-order valence-electron chi connectivity index (χ0n) is 12.0. The van der Waals surface area contributed by atoms with E-state index in [1.165, 1.54) is 6.07 Å². The molecule has 0 spiro atoms. The van der Waals surface area contributed by atoms with E-state index in [4.69, 9.17) is 27.9 Å². The van der Waals surface area contributed by atoms with Gasteiger partial charge in [-0.15, -0.1) is 10.2 Å². The second-order valence-corrected chi connectivity index (χ2v) is 6.21. The van der Waals surface area contributed by atoms with E-state index in [0.717, 1.165) is 13.1 Å². The number of amides is 1. The van der Waals surface area contributed by atoms with Crippen molar-refractivity contribution in [3.63, 3.8) is 0 Å². The van der Waals surface area contributed by atoms with Gasteiger partial charge in [-0.1, -0.05) is 23.2 Å². The molecule has 0 atom stereocenters. The Labute approximate surface area is 133 Å². The van der Waals surface area contributed by atoms with Crippen LogP contribution in [-0.4, -0.2) is 59.4 Å². The molecule has 2 rings (SSSR count). The molecule has 1 aromatic heterocycles. The van der Waals surface area contributed by atoms with Crippen molar-refractivity contribution in [2.75, 3.05) is 32.8 Å². The maximum atomic E-state index is 12.2. The lowest BCUT2D eigenvalue weighted by atomic mass is 10.0. The highest BCUT2D eigenvalue weighted by atomic mass is 35.5. The molecule has 0 bridgehead atoms. The summed E-state index contributed by atoms with van der Waals surface area (Å²) in [6, 6.07) is 1.41. The molecule has 0 saturated carbocycles. The van der Waals surface area contributed by atoms with Gasteiger partial charge in [0.15, 0.2) is 10.3 Å². The van der Waals surface area contributed by atoms with Crippen LogP contribution in [0.25, 0.3) is 0 Å². The van der Waals surface area contributed by atoms with Crippen molar-refractivity contribution in [1.82, 2.24) is 20.4 Å². The van der Waals surface area contributed by atoms with E-state index < -0.39 is 0 Å². The Bertz CT molecular complexity index is 519. The predicted octanol–water partition coefficient (Wildman–Crippen LogP) is 1.62. The standard InChI is InChI=1S/C13H18Cl2N4O2/c1-13(2,19-3-5-21-6-4-19)8-16-12(20)9-7-10(14)17-18-11(9)15/h7H,3-6,8H2,1-2H3,(H,16,20). The van der Waals surface area contributed by atoms with Crippen LogP contribution < -0.4 is 5.32 Å². The smallest absolute Gasteiger partial charge is 0.254 e. The molecule has 6 nitrogen and oxygen atoms in total. The maximum Gasteiger partial charge on any atom is 0.254 e. The van der Waals surface area contributed by atoms with Crippen molar-refractivity contribution in [3.8, 4) is 0 Å². The first-order valence-electron chi connectivity index (χ1n) is 6.70. The highest BCUT2D eigenvalue weighted by molar-refractivity contribution is 6.34. The van der Waals surface area contributed by atoms with E-state index in [9.17, 15) is 4.79 Å². The molecule has 0 radical (unpaired) electrons. The molecule has 116 valence electrons. The van der Waals surface area contributed by atoms with Crippen LogP contribution in [0, 0.1) is 0 Å². The van der Waals surface area contributed by atoms with Crippen molar-refractivity contribution >= 4 is 29.1 Å². The normalized spacial score (nSPS) is 16.8. The Morgan fingerprint density at radius 3 is 2.71 bits per heavy atom. The molecule has 1 saturated heterocycles. The SMILES string of the molecule is CC(C)(CNC(=O)c1cc(Cl)nnc1Cl)N1CCOCC1. The molecule has 0 aromatic carbocycles. The summed E-state index contributed by atoms with van der Waals surface area (Å²) >= 11 is 11.6. The largest absolute Gasteiger partial charge is 0.379 e. The van der Waals surface area contributed by atoms with Crippen LogP contribution in [-0.2, 0) is 4.74 Å². The first-order valence-corrected chi connectivity index (χ1v) is 7.45. The number of rotatable bonds is 4. The second kappa shape index (κ2) is 6.87. The van der Waals surface area contributed by atoms with Crippen molar-refractivity contribution in [2.45, 2.75) is 19.4 Å². The zero-order valence-corrected chi connectivity index (χ0v) is 13.5. The van der Waals surface area contributed by atoms with Crippen molar-refractivity contribution in [3.05, 3.63) is 21.9 Å². The number of carbonyl (C=O) groups is 1. The van der Waals surface area contributed by atoms with E-state index in [0.29, 0.717) is 19.8 Å². The molecule has 1 aliphatic rings. The van der Waals surface area contributed by atoms with Gasteiger partial charge < -0.3 is 10.1 Å². The number of halogens is 2. The van der Waals surface area contributed by atoms with E-state index >= 15 is 0 Å². The van der Waals surface area contributed by atoms with E-state index in [-0.39, 0.29) is 27.3 Å². The number of hydrogen-bond donors (Lipinski definition) is 1. The van der Waals surface area contributed by atoms with Gasteiger partial charge in [-0.3, -0.25) is 9.69 Å². The van der Waals surface area contributed by atoms with Gasteiger partial charge in [-0.2, -0.15) is 0 Å². The Kier molecular flexibility index (Phi) is 5.37. The molecule has 1 aliphatic heterocycles. The molecule has 1 amide bonds. The Morgan fingerprint density at radius 1 is 1.38 bits per heavy atom. The van der Waals surface area contributed by atoms with Gasteiger partial charge >= 0.3 is 0 Å². The van der Waals surface area contributed by atoms with E-state index in [2.05, 4.69) is 34.3 Å². The molecule has 21 heavy (non-hydrogen) atoms. The van der Waals surface area contributed by atoms with Crippen LogP contribution in [0.1, 0.15) is 24.2 Å². The second-order valence-electron chi connectivity index (χ2n) is 5.47. The van der Waals surface area contributed by atoms with Gasteiger partial charge in [0.05, 0.1) is 18.8 Å². The fourth-order valence-corrected chi connectivity index (χ4v) is 2.51. The number of morpholine rings is 1. The van der Waals surface area contributed by atoms with Crippen LogP contribution in [0.5, 0.6) is 0 Å². The van der Waals surface area contributed by atoms with Gasteiger partial charge in [0.2, 0.25) is 0 Å². The average Bonchev–Trinajstić information content (AvgIpc) is 2.48. The Hall–Kier alpha value is -0.950. The molecular formula is C13H18Cl2N4O2. The number of nitrogens with one attached hydrogen (secondary N) is 1. The monoisotopic (exact) mass is 332 g/mol. The minimum absolute atomic E-state index is 0.0427. The van der Waals surface area contributed by atoms with Crippen molar-refractivity contribution < 1.29 is 9.53 Å². The zero-order chi connectivity index (χ0) is 15.5. The number of ether oxygens (including phenoxy) is 1. The topological polar surface area (TPSA) is 67.4 Å². The third-order valence-electron chi connectivity index (χ3n) is 3.51. The summed E-state index contributed by atoms with van der Waals surface area (Å²) in [6.45, 7) is 7.79. The number of hydrogen-bond acceptors (Lipinski definition) is 5. The van der Waals surface area contributed by atoms with Gasteiger partial charge in [0.25, 0.3) is 5.91 Å². The quantitative estimate of drug-likeness (QED) is 0.907. The molecule has 1 N–H and O–H groups in total. The van der Waals surface area contributed by atoms with Gasteiger partial charge in [-0.25, -0.2) is 0 Å². The summed E-state index contributed by atoms with van der Waals surface area (Å²) in [7, 11) is 0. The molecule has 0 aliphatic carbocycles. The van der Waals surface area contributed by atoms with Crippen LogP contribution in [0.15, 0.2) is 6.07 Å². The number of nitrogens with zero attached hydrogens (tertiary/aromatic N) is 3. The van der Waals surface area contributed by atoms with E-state index in [1.54, 1.807) is 0 Å². The summed E-state index contributed by atoms with van der Waals surface area (Å²) in [5, 5.41) is 10.3. The molecule has 1 fully saturated rings. The van der Waals surface area contributed by atoms with Gasteiger partial charge in [0, 0.05) is 25.2 Å². The summed E-state index contributed by atoms with van der Waals surface area (Å²) in [6.07, 6.45) is 0. The highest BCUT2D eigenvalue weighted by Gasteiger charge is 2.29. The fourth-order valence-electron chi connectivity index (χ4n) is 2.18. The summed E-state index contributed by atoms with van der Waals surface area (Å²) in [5.41, 5.74) is 0.0605. The lowest BCUT2D eigenvalue weighted by Gasteiger charge is -2.40.